The first-order valence-corrected chi connectivity index (χ1v) is 6.19. The number of aromatic carboxylic acids is 1. The third kappa shape index (κ3) is 3.29. The summed E-state index contributed by atoms with van der Waals surface area (Å²) >= 11 is 1.11. The Bertz CT molecular complexity index is 663. The summed E-state index contributed by atoms with van der Waals surface area (Å²) in [5, 5.41) is 9.76. The number of carbonyl (C=O) groups excluding carboxylic acids is 1. The molecule has 20 heavy (non-hydrogen) atoms. The lowest BCUT2D eigenvalue weighted by molar-refractivity contribution is 0.0591. The number of ether oxygens (including phenoxy) is 1. The van der Waals surface area contributed by atoms with Crippen molar-refractivity contribution in [2.75, 3.05) is 7.11 Å². The van der Waals surface area contributed by atoms with Gasteiger partial charge in [-0.05, 0) is 23.9 Å². The van der Waals surface area contributed by atoms with E-state index in [2.05, 4.69) is 19.7 Å². The standard InChI is InChI=1S/C12H9N3O4S/c1-19-12(18)8-5-13-6-10(15-8)20-9-4-7(11(16)17)2-3-14-9/h2-6H,1H3,(H,16,17). The fourth-order valence-corrected chi connectivity index (χ4v) is 2.08. The molecule has 0 bridgehead atoms. The number of carbonyl (C=O) groups is 2. The number of hydrogen-bond donors (Lipinski definition) is 1. The largest absolute Gasteiger partial charge is 0.478 e. The molecule has 0 aromatic carbocycles. The first-order valence-electron chi connectivity index (χ1n) is 5.37. The Morgan fingerprint density at radius 2 is 2.10 bits per heavy atom. The molecule has 2 heterocycles. The van der Waals surface area contributed by atoms with Crippen LogP contribution in [0.3, 0.4) is 0 Å². The molecule has 8 heteroatoms. The zero-order valence-corrected chi connectivity index (χ0v) is 11.1. The minimum Gasteiger partial charge on any atom is -0.478 e. The van der Waals surface area contributed by atoms with Gasteiger partial charge in [0.1, 0.15) is 10.1 Å². The highest BCUT2D eigenvalue weighted by molar-refractivity contribution is 7.99. The lowest BCUT2D eigenvalue weighted by atomic mass is 10.3. The number of hydrogen-bond acceptors (Lipinski definition) is 7. The predicted octanol–water partition coefficient (Wildman–Crippen LogP) is 1.51. The molecule has 7 nitrogen and oxygen atoms in total. The summed E-state index contributed by atoms with van der Waals surface area (Å²) in [6.07, 6.45) is 4.13. The SMILES string of the molecule is COC(=O)c1cncc(Sc2cc(C(=O)O)ccn2)n1. The molecule has 102 valence electrons. The van der Waals surface area contributed by atoms with Crippen molar-refractivity contribution < 1.29 is 19.4 Å². The summed E-state index contributed by atoms with van der Waals surface area (Å²) in [5.74, 6) is -1.63. The van der Waals surface area contributed by atoms with E-state index in [1.807, 2.05) is 0 Å². The monoisotopic (exact) mass is 291 g/mol. The van der Waals surface area contributed by atoms with Crippen LogP contribution in [0.5, 0.6) is 0 Å². The number of pyridine rings is 1. The molecular weight excluding hydrogens is 282 g/mol. The zero-order chi connectivity index (χ0) is 14.5. The predicted molar refractivity (Wildman–Crippen MR) is 68.7 cm³/mol. The van der Waals surface area contributed by atoms with Gasteiger partial charge in [-0.25, -0.2) is 19.6 Å². The second-order valence-electron chi connectivity index (χ2n) is 3.52. The van der Waals surface area contributed by atoms with Crippen molar-refractivity contribution >= 4 is 23.7 Å². The van der Waals surface area contributed by atoms with E-state index in [0.29, 0.717) is 10.1 Å². The van der Waals surface area contributed by atoms with Gasteiger partial charge in [0.15, 0.2) is 5.69 Å². The molecule has 0 fully saturated rings. The lowest BCUT2D eigenvalue weighted by Crippen LogP contribution is -2.05. The van der Waals surface area contributed by atoms with Gasteiger partial charge in [-0.15, -0.1) is 0 Å². The smallest absolute Gasteiger partial charge is 0.358 e. The second kappa shape index (κ2) is 6.11. The number of carboxylic acids is 1. The zero-order valence-electron chi connectivity index (χ0n) is 10.3. The molecule has 2 rings (SSSR count). The second-order valence-corrected chi connectivity index (χ2v) is 4.56. The van der Waals surface area contributed by atoms with E-state index in [1.54, 1.807) is 0 Å². The third-order valence-electron chi connectivity index (χ3n) is 2.20. The van der Waals surface area contributed by atoms with E-state index in [4.69, 9.17) is 5.11 Å². The van der Waals surface area contributed by atoms with Gasteiger partial charge in [-0.2, -0.15) is 0 Å². The van der Waals surface area contributed by atoms with Crippen LogP contribution in [0.4, 0.5) is 0 Å². The van der Waals surface area contributed by atoms with Crippen LogP contribution in [0.25, 0.3) is 0 Å². The Balaban J connectivity index is 2.24. The van der Waals surface area contributed by atoms with Crippen LogP contribution in [0.2, 0.25) is 0 Å². The van der Waals surface area contributed by atoms with Gasteiger partial charge in [0.25, 0.3) is 0 Å². The lowest BCUT2D eigenvalue weighted by Gasteiger charge is -2.02. The average Bonchev–Trinajstić information content (AvgIpc) is 2.47. The molecule has 1 N–H and O–H groups in total. The summed E-state index contributed by atoms with van der Waals surface area (Å²) < 4.78 is 4.55. The van der Waals surface area contributed by atoms with Gasteiger partial charge in [-0.1, -0.05) is 0 Å². The summed E-state index contributed by atoms with van der Waals surface area (Å²) in [4.78, 5) is 34.2. The molecule has 0 aliphatic rings. The van der Waals surface area contributed by atoms with Crippen LogP contribution < -0.4 is 0 Å². The first kappa shape index (κ1) is 13.9. The Hall–Kier alpha value is -2.48. The Morgan fingerprint density at radius 1 is 1.30 bits per heavy atom. The highest BCUT2D eigenvalue weighted by Crippen LogP contribution is 2.24. The van der Waals surface area contributed by atoms with Crippen molar-refractivity contribution in [3.8, 4) is 0 Å². The topological polar surface area (TPSA) is 102 Å². The van der Waals surface area contributed by atoms with Crippen LogP contribution >= 0.6 is 11.8 Å². The number of esters is 1. The third-order valence-corrected chi connectivity index (χ3v) is 3.04. The van der Waals surface area contributed by atoms with E-state index in [0.717, 1.165) is 11.8 Å². The van der Waals surface area contributed by atoms with Crippen LogP contribution in [-0.2, 0) is 4.74 Å². The summed E-state index contributed by atoms with van der Waals surface area (Å²) in [7, 11) is 1.25. The van der Waals surface area contributed by atoms with E-state index in [9.17, 15) is 9.59 Å². The van der Waals surface area contributed by atoms with Gasteiger partial charge < -0.3 is 9.84 Å². The maximum absolute atomic E-state index is 11.3. The summed E-state index contributed by atoms with van der Waals surface area (Å²) in [6.45, 7) is 0. The molecule has 0 atom stereocenters. The van der Waals surface area contributed by atoms with Crippen molar-refractivity contribution in [3.05, 3.63) is 42.0 Å². The number of nitrogens with zero attached hydrogens (tertiary/aromatic N) is 3. The van der Waals surface area contributed by atoms with Crippen molar-refractivity contribution in [1.29, 1.82) is 0 Å². The fraction of sp³-hybridized carbons (Fsp3) is 0.0833. The Morgan fingerprint density at radius 3 is 2.80 bits per heavy atom. The highest BCUT2D eigenvalue weighted by atomic mass is 32.2. The van der Waals surface area contributed by atoms with Crippen molar-refractivity contribution in [2.45, 2.75) is 10.1 Å². The van der Waals surface area contributed by atoms with Crippen LogP contribution in [0.1, 0.15) is 20.8 Å². The first-order chi connectivity index (χ1) is 9.60. The molecule has 0 aliphatic heterocycles. The molecule has 0 unspecified atom stereocenters. The van der Waals surface area contributed by atoms with E-state index < -0.39 is 11.9 Å². The molecular formula is C12H9N3O4S. The van der Waals surface area contributed by atoms with E-state index in [1.165, 1.54) is 37.8 Å². The molecule has 0 radical (unpaired) electrons. The Labute approximate surface area is 118 Å². The molecule has 0 amide bonds. The maximum Gasteiger partial charge on any atom is 0.358 e. The number of rotatable bonds is 4. The van der Waals surface area contributed by atoms with Gasteiger partial charge in [0.05, 0.1) is 25.1 Å². The molecule has 2 aromatic heterocycles. The van der Waals surface area contributed by atoms with Crippen LogP contribution in [0, 0.1) is 0 Å². The van der Waals surface area contributed by atoms with Gasteiger partial charge in [0.2, 0.25) is 0 Å². The molecule has 0 saturated heterocycles. The fourth-order valence-electron chi connectivity index (χ4n) is 1.31. The van der Waals surface area contributed by atoms with Crippen LogP contribution in [-0.4, -0.2) is 39.1 Å². The maximum atomic E-state index is 11.3. The number of methoxy groups -OCH3 is 1. The van der Waals surface area contributed by atoms with Gasteiger partial charge >= 0.3 is 11.9 Å². The Kier molecular flexibility index (Phi) is 4.26. The highest BCUT2D eigenvalue weighted by Gasteiger charge is 2.11. The molecule has 2 aromatic rings. The molecule has 0 aliphatic carbocycles. The van der Waals surface area contributed by atoms with E-state index in [-0.39, 0.29) is 11.3 Å². The van der Waals surface area contributed by atoms with E-state index >= 15 is 0 Å². The van der Waals surface area contributed by atoms with Crippen molar-refractivity contribution in [3.63, 3.8) is 0 Å². The van der Waals surface area contributed by atoms with Crippen LogP contribution in [0.15, 0.2) is 40.8 Å². The summed E-state index contributed by atoms with van der Waals surface area (Å²) in [6, 6.07) is 2.81. The number of carboxylic acid groups (broad SMARTS) is 1. The van der Waals surface area contributed by atoms with Gasteiger partial charge in [0, 0.05) is 6.20 Å². The normalized spacial score (nSPS) is 10.1. The van der Waals surface area contributed by atoms with Crippen molar-refractivity contribution in [2.24, 2.45) is 0 Å². The molecule has 0 saturated carbocycles. The minimum absolute atomic E-state index is 0.0758. The molecule has 0 spiro atoms. The van der Waals surface area contributed by atoms with Gasteiger partial charge in [-0.3, -0.25) is 4.98 Å². The minimum atomic E-state index is -1.04. The number of aromatic nitrogens is 3. The quantitative estimate of drug-likeness (QED) is 0.845. The average molecular weight is 291 g/mol. The van der Waals surface area contributed by atoms with Crippen molar-refractivity contribution in [1.82, 2.24) is 15.0 Å². The summed E-state index contributed by atoms with van der Waals surface area (Å²) in [5.41, 5.74) is 0.200.